The van der Waals surface area contributed by atoms with Crippen molar-refractivity contribution in [2.45, 2.75) is 361 Å². The third-order valence-electron chi connectivity index (χ3n) is 14.8. The number of carbonyl (C=O) groups is 3. The lowest BCUT2D eigenvalue weighted by molar-refractivity contribution is -0.167. The van der Waals surface area contributed by atoms with Gasteiger partial charge in [0.25, 0.3) is 0 Å². The average molecular weight is 1050 g/mol. The van der Waals surface area contributed by atoms with Gasteiger partial charge < -0.3 is 14.2 Å². The molecule has 0 aliphatic heterocycles. The predicted octanol–water partition coefficient (Wildman–Crippen LogP) is 22.6. The second-order valence-electron chi connectivity index (χ2n) is 22.4. The summed E-state index contributed by atoms with van der Waals surface area (Å²) in [5, 5.41) is 0. The predicted molar refractivity (Wildman–Crippen MR) is 325 cm³/mol. The van der Waals surface area contributed by atoms with Crippen LogP contribution in [0.4, 0.5) is 0 Å². The molecule has 0 aromatic heterocycles. The molecule has 0 N–H and O–H groups in total. The van der Waals surface area contributed by atoms with E-state index in [1.54, 1.807) is 0 Å². The third kappa shape index (κ3) is 62.1. The fraction of sp³-hybridized carbons (Fsp3) is 0.841. The van der Waals surface area contributed by atoms with Crippen molar-refractivity contribution in [2.75, 3.05) is 13.2 Å². The van der Waals surface area contributed by atoms with Gasteiger partial charge in [-0.05, 0) is 77.0 Å². The van der Waals surface area contributed by atoms with E-state index >= 15 is 0 Å². The zero-order chi connectivity index (χ0) is 54.3. The van der Waals surface area contributed by atoms with E-state index in [4.69, 9.17) is 14.2 Å². The Morgan fingerprint density at radius 3 is 0.827 bits per heavy atom. The molecule has 0 rings (SSSR count). The fourth-order valence-electron chi connectivity index (χ4n) is 9.87. The lowest BCUT2D eigenvalue weighted by Gasteiger charge is -2.18. The van der Waals surface area contributed by atoms with E-state index in [0.717, 1.165) is 83.5 Å². The van der Waals surface area contributed by atoms with E-state index in [1.807, 2.05) is 0 Å². The molecule has 0 aromatic carbocycles. The Balaban J connectivity index is 4.31. The van der Waals surface area contributed by atoms with Crippen molar-refractivity contribution in [1.82, 2.24) is 0 Å². The van der Waals surface area contributed by atoms with Gasteiger partial charge >= 0.3 is 17.9 Å². The van der Waals surface area contributed by atoms with E-state index in [2.05, 4.69) is 69.4 Å². The molecule has 75 heavy (non-hydrogen) atoms. The van der Waals surface area contributed by atoms with E-state index in [1.165, 1.54) is 231 Å². The number of ether oxygens (including phenoxy) is 3. The monoisotopic (exact) mass is 1050 g/mol. The molecule has 0 radical (unpaired) electrons. The first-order valence-electron chi connectivity index (χ1n) is 33.1. The van der Waals surface area contributed by atoms with Crippen LogP contribution in [-0.2, 0) is 28.6 Å². The summed E-state index contributed by atoms with van der Waals surface area (Å²) >= 11 is 0. The molecule has 0 amide bonds. The van der Waals surface area contributed by atoms with Crippen LogP contribution in [0.5, 0.6) is 0 Å². The van der Waals surface area contributed by atoms with Gasteiger partial charge in [0.1, 0.15) is 13.2 Å². The average Bonchev–Trinajstić information content (AvgIpc) is 3.41. The Kier molecular flexibility index (Phi) is 61.7. The van der Waals surface area contributed by atoms with Gasteiger partial charge in [0.2, 0.25) is 0 Å². The zero-order valence-corrected chi connectivity index (χ0v) is 50.3. The minimum atomic E-state index is -0.779. The van der Waals surface area contributed by atoms with Crippen LogP contribution in [-0.4, -0.2) is 37.2 Å². The molecule has 0 fully saturated rings. The summed E-state index contributed by atoms with van der Waals surface area (Å²) in [6.07, 6.45) is 79.8. The van der Waals surface area contributed by atoms with Crippen molar-refractivity contribution in [3.63, 3.8) is 0 Å². The van der Waals surface area contributed by atoms with Gasteiger partial charge in [0.05, 0.1) is 0 Å². The summed E-state index contributed by atoms with van der Waals surface area (Å²) in [5.41, 5.74) is 0. The van der Waals surface area contributed by atoms with Gasteiger partial charge in [-0.1, -0.05) is 307 Å². The van der Waals surface area contributed by atoms with Crippen LogP contribution >= 0.6 is 0 Å². The molecular weight excluding hydrogens is 925 g/mol. The molecule has 0 saturated carbocycles. The number of unbranched alkanes of at least 4 members (excludes halogenated alkanes) is 42. The molecule has 0 aromatic rings. The molecule has 1 unspecified atom stereocenters. The fourth-order valence-corrected chi connectivity index (χ4v) is 9.87. The minimum absolute atomic E-state index is 0.0747. The number of hydrogen-bond donors (Lipinski definition) is 0. The second-order valence-corrected chi connectivity index (χ2v) is 22.4. The molecule has 6 heteroatoms. The quantitative estimate of drug-likeness (QED) is 0.0261. The highest BCUT2D eigenvalue weighted by atomic mass is 16.6. The molecular formula is C69H126O6. The first kappa shape index (κ1) is 72.4. The van der Waals surface area contributed by atoms with Gasteiger partial charge in [-0.15, -0.1) is 0 Å². The summed E-state index contributed by atoms with van der Waals surface area (Å²) in [7, 11) is 0. The van der Waals surface area contributed by atoms with Gasteiger partial charge in [-0.2, -0.15) is 0 Å². The number of allylic oxidation sites excluding steroid dienone is 8. The van der Waals surface area contributed by atoms with E-state index in [0.29, 0.717) is 19.3 Å². The lowest BCUT2D eigenvalue weighted by Crippen LogP contribution is -2.30. The molecule has 0 spiro atoms. The normalized spacial score (nSPS) is 12.3. The smallest absolute Gasteiger partial charge is 0.306 e. The van der Waals surface area contributed by atoms with Crippen molar-refractivity contribution < 1.29 is 28.6 Å². The van der Waals surface area contributed by atoms with Gasteiger partial charge in [-0.3, -0.25) is 14.4 Å². The standard InChI is InChI=1S/C69H126O6/c1-4-7-10-13-16-19-22-25-28-31-32-33-34-35-36-39-41-44-47-50-53-56-59-62-68(71)74-65-66(75-69(72)63-60-57-54-51-48-45-42-38-30-27-24-21-18-15-12-9-6-3)64-73-67(70)61-58-55-52-49-46-43-40-37-29-26-23-20-17-14-11-8-5-2/h9,12,18,21,26-27,29-30,66H,4-8,10-11,13-17,19-20,22-25,28,31-65H2,1-3H3/b12-9-,21-18-,29-26-,30-27-. The third-order valence-corrected chi connectivity index (χ3v) is 14.8. The summed E-state index contributed by atoms with van der Waals surface area (Å²) in [4.78, 5) is 38.4. The van der Waals surface area contributed by atoms with Crippen LogP contribution in [0.15, 0.2) is 48.6 Å². The van der Waals surface area contributed by atoms with Gasteiger partial charge in [0.15, 0.2) is 6.10 Å². The van der Waals surface area contributed by atoms with E-state index in [-0.39, 0.29) is 31.1 Å². The maximum absolute atomic E-state index is 12.9. The Bertz CT molecular complexity index is 1300. The van der Waals surface area contributed by atoms with Crippen molar-refractivity contribution in [1.29, 1.82) is 0 Å². The second kappa shape index (κ2) is 63.9. The van der Waals surface area contributed by atoms with Crippen LogP contribution in [0.25, 0.3) is 0 Å². The molecule has 0 aliphatic rings. The molecule has 0 bridgehead atoms. The van der Waals surface area contributed by atoms with Gasteiger partial charge in [0, 0.05) is 19.3 Å². The van der Waals surface area contributed by atoms with E-state index in [9.17, 15) is 14.4 Å². The minimum Gasteiger partial charge on any atom is -0.462 e. The molecule has 6 nitrogen and oxygen atoms in total. The van der Waals surface area contributed by atoms with Crippen LogP contribution < -0.4 is 0 Å². The summed E-state index contributed by atoms with van der Waals surface area (Å²) in [5.74, 6) is -0.866. The van der Waals surface area contributed by atoms with Crippen molar-refractivity contribution in [3.8, 4) is 0 Å². The van der Waals surface area contributed by atoms with Gasteiger partial charge in [-0.25, -0.2) is 0 Å². The van der Waals surface area contributed by atoms with Crippen molar-refractivity contribution in [2.24, 2.45) is 0 Å². The highest BCUT2D eigenvalue weighted by Crippen LogP contribution is 2.18. The maximum atomic E-state index is 12.9. The van der Waals surface area contributed by atoms with Crippen LogP contribution in [0.3, 0.4) is 0 Å². The lowest BCUT2D eigenvalue weighted by atomic mass is 10.0. The first-order chi connectivity index (χ1) is 37.0. The van der Waals surface area contributed by atoms with Crippen LogP contribution in [0, 0.1) is 0 Å². The molecule has 438 valence electrons. The first-order valence-corrected chi connectivity index (χ1v) is 33.1. The topological polar surface area (TPSA) is 78.9 Å². The Labute approximate surface area is 467 Å². The maximum Gasteiger partial charge on any atom is 0.306 e. The van der Waals surface area contributed by atoms with Crippen LogP contribution in [0.1, 0.15) is 355 Å². The molecule has 1 atom stereocenters. The summed E-state index contributed by atoms with van der Waals surface area (Å²) in [6.45, 7) is 6.58. The number of hydrogen-bond acceptors (Lipinski definition) is 6. The zero-order valence-electron chi connectivity index (χ0n) is 50.3. The summed E-state index contributed by atoms with van der Waals surface area (Å²) < 4.78 is 17.0. The largest absolute Gasteiger partial charge is 0.462 e. The number of rotatable bonds is 61. The van der Waals surface area contributed by atoms with Crippen LogP contribution in [0.2, 0.25) is 0 Å². The van der Waals surface area contributed by atoms with E-state index < -0.39 is 6.10 Å². The Morgan fingerprint density at radius 1 is 0.280 bits per heavy atom. The highest BCUT2D eigenvalue weighted by Gasteiger charge is 2.19. The SMILES string of the molecule is CC/C=C\C/C=C\C/C=C\CCCCCCCCCC(=O)OC(COC(=O)CCCCCCCCC/C=C\CCCCCCCC)COC(=O)CCCCCCCCCCCCCCCCCCCCCCCCC. The Hall–Kier alpha value is -2.63. The number of esters is 3. The molecule has 0 saturated heterocycles. The Morgan fingerprint density at radius 2 is 0.520 bits per heavy atom. The molecule has 0 heterocycles. The summed E-state index contributed by atoms with van der Waals surface area (Å²) in [6, 6.07) is 0. The molecule has 0 aliphatic carbocycles. The van der Waals surface area contributed by atoms with Crippen molar-refractivity contribution in [3.05, 3.63) is 48.6 Å². The highest BCUT2D eigenvalue weighted by molar-refractivity contribution is 5.71. The van der Waals surface area contributed by atoms with Crippen molar-refractivity contribution >= 4 is 17.9 Å². The number of carbonyl (C=O) groups excluding carboxylic acids is 3.